The summed E-state index contributed by atoms with van der Waals surface area (Å²) in [5.41, 5.74) is 0. The lowest BCUT2D eigenvalue weighted by molar-refractivity contribution is -0.134. The highest BCUT2D eigenvalue weighted by Gasteiger charge is 2.18. The van der Waals surface area contributed by atoms with Gasteiger partial charge in [0.1, 0.15) is 6.10 Å². The SMILES string of the molecule is CCCCCCCC(=O)NCCNC(=O)CC(O)C(=O)NCCNC(=O)CCCCCCC. The molecule has 0 bridgehead atoms. The molecule has 0 spiro atoms. The lowest BCUT2D eigenvalue weighted by Crippen LogP contribution is -2.42. The van der Waals surface area contributed by atoms with Crippen molar-refractivity contribution in [3.8, 4) is 0 Å². The van der Waals surface area contributed by atoms with Crippen LogP contribution in [0.3, 0.4) is 0 Å². The largest absolute Gasteiger partial charge is 0.383 e. The molecule has 0 aromatic rings. The standard InChI is InChI=1S/C24H46N4O5/c1-3-5-7-9-11-13-21(30)25-15-16-27-23(32)19-20(29)24(33)28-18-17-26-22(31)14-12-10-8-6-4-2/h20,29H,3-19H2,1-2H3,(H,25,30)(H,26,31)(H,27,32)(H,28,33). The summed E-state index contributed by atoms with van der Waals surface area (Å²) < 4.78 is 0. The van der Waals surface area contributed by atoms with Crippen LogP contribution in [0.1, 0.15) is 97.3 Å². The number of nitrogens with one attached hydrogen (secondary N) is 4. The van der Waals surface area contributed by atoms with Crippen LogP contribution in [0.5, 0.6) is 0 Å². The molecule has 0 saturated carbocycles. The molecule has 0 aliphatic carbocycles. The van der Waals surface area contributed by atoms with Gasteiger partial charge in [-0.2, -0.15) is 0 Å². The normalized spacial score (nSPS) is 11.5. The van der Waals surface area contributed by atoms with E-state index in [0.29, 0.717) is 19.4 Å². The van der Waals surface area contributed by atoms with Crippen molar-refractivity contribution in [1.29, 1.82) is 0 Å². The van der Waals surface area contributed by atoms with Gasteiger partial charge in [-0.15, -0.1) is 0 Å². The Bertz CT molecular complexity index is 557. The quantitative estimate of drug-likeness (QED) is 0.163. The van der Waals surface area contributed by atoms with Crippen molar-refractivity contribution in [2.45, 2.75) is 103 Å². The first kappa shape index (κ1) is 30.8. The summed E-state index contributed by atoms with van der Waals surface area (Å²) in [7, 11) is 0. The van der Waals surface area contributed by atoms with Gasteiger partial charge in [-0.25, -0.2) is 0 Å². The maximum atomic E-state index is 11.9. The second kappa shape index (κ2) is 21.7. The number of unbranched alkanes of at least 4 members (excludes halogenated alkanes) is 8. The van der Waals surface area contributed by atoms with Gasteiger partial charge in [-0.3, -0.25) is 19.2 Å². The van der Waals surface area contributed by atoms with E-state index in [2.05, 4.69) is 35.1 Å². The van der Waals surface area contributed by atoms with Crippen molar-refractivity contribution in [2.75, 3.05) is 26.2 Å². The molecule has 1 unspecified atom stereocenters. The topological polar surface area (TPSA) is 137 Å². The Morgan fingerprint density at radius 2 is 0.970 bits per heavy atom. The third kappa shape index (κ3) is 20.2. The maximum Gasteiger partial charge on any atom is 0.249 e. The number of aliphatic hydroxyl groups excluding tert-OH is 1. The maximum absolute atomic E-state index is 11.9. The van der Waals surface area contributed by atoms with E-state index < -0.39 is 17.9 Å². The van der Waals surface area contributed by atoms with Gasteiger partial charge < -0.3 is 26.4 Å². The number of carbonyl (C=O) groups excluding carboxylic acids is 4. The molecule has 0 aromatic carbocycles. The monoisotopic (exact) mass is 470 g/mol. The van der Waals surface area contributed by atoms with Gasteiger partial charge in [0.05, 0.1) is 6.42 Å². The zero-order valence-corrected chi connectivity index (χ0v) is 20.7. The van der Waals surface area contributed by atoms with Gasteiger partial charge in [-0.05, 0) is 12.8 Å². The molecule has 0 aliphatic rings. The van der Waals surface area contributed by atoms with Gasteiger partial charge in [0.15, 0.2) is 0 Å². The molecular weight excluding hydrogens is 424 g/mol. The number of hydrogen-bond donors (Lipinski definition) is 5. The first-order valence-corrected chi connectivity index (χ1v) is 12.7. The van der Waals surface area contributed by atoms with Crippen LogP contribution in [0, 0.1) is 0 Å². The highest BCUT2D eigenvalue weighted by atomic mass is 16.3. The Morgan fingerprint density at radius 3 is 1.42 bits per heavy atom. The van der Waals surface area contributed by atoms with Crippen LogP contribution in [0.2, 0.25) is 0 Å². The summed E-state index contributed by atoms with van der Waals surface area (Å²) in [6.45, 7) is 5.29. The molecule has 0 aromatic heterocycles. The summed E-state index contributed by atoms with van der Waals surface area (Å²) >= 11 is 0. The average Bonchev–Trinajstić information content (AvgIpc) is 2.79. The molecule has 9 nitrogen and oxygen atoms in total. The van der Waals surface area contributed by atoms with E-state index in [1.807, 2.05) is 0 Å². The first-order valence-electron chi connectivity index (χ1n) is 12.7. The molecule has 33 heavy (non-hydrogen) atoms. The van der Waals surface area contributed by atoms with Crippen molar-refractivity contribution >= 4 is 23.6 Å². The number of amides is 4. The first-order chi connectivity index (χ1) is 15.9. The van der Waals surface area contributed by atoms with Crippen LogP contribution in [0.25, 0.3) is 0 Å². The van der Waals surface area contributed by atoms with Crippen LogP contribution in [0.15, 0.2) is 0 Å². The molecule has 5 N–H and O–H groups in total. The van der Waals surface area contributed by atoms with E-state index in [-0.39, 0.29) is 37.9 Å². The van der Waals surface area contributed by atoms with Crippen LogP contribution < -0.4 is 21.3 Å². The molecule has 9 heteroatoms. The zero-order valence-electron chi connectivity index (χ0n) is 20.7. The van der Waals surface area contributed by atoms with Gasteiger partial charge in [0.2, 0.25) is 23.6 Å². The fourth-order valence-electron chi connectivity index (χ4n) is 3.20. The Hall–Kier alpha value is -2.16. The molecule has 0 heterocycles. The van der Waals surface area contributed by atoms with Gasteiger partial charge >= 0.3 is 0 Å². The number of hydrogen-bond acceptors (Lipinski definition) is 5. The van der Waals surface area contributed by atoms with E-state index in [0.717, 1.165) is 44.9 Å². The highest BCUT2D eigenvalue weighted by molar-refractivity contribution is 5.87. The van der Waals surface area contributed by atoms with Crippen LogP contribution in [-0.2, 0) is 19.2 Å². The predicted molar refractivity (Wildman–Crippen MR) is 129 cm³/mol. The molecule has 0 radical (unpaired) electrons. The summed E-state index contributed by atoms with van der Waals surface area (Å²) in [5.74, 6) is -1.22. The fraction of sp³-hybridized carbons (Fsp3) is 0.833. The number of carbonyl (C=O) groups is 4. The summed E-state index contributed by atoms with van der Waals surface area (Å²) in [5, 5.41) is 20.4. The average molecular weight is 471 g/mol. The van der Waals surface area contributed by atoms with E-state index >= 15 is 0 Å². The second-order valence-electron chi connectivity index (χ2n) is 8.39. The van der Waals surface area contributed by atoms with Crippen LogP contribution >= 0.6 is 0 Å². The minimum absolute atomic E-state index is 0.0382. The minimum Gasteiger partial charge on any atom is -0.383 e. The van der Waals surface area contributed by atoms with Crippen molar-refractivity contribution in [1.82, 2.24) is 21.3 Å². The van der Waals surface area contributed by atoms with Crippen molar-refractivity contribution in [3.63, 3.8) is 0 Å². The molecule has 4 amide bonds. The smallest absolute Gasteiger partial charge is 0.249 e. The van der Waals surface area contributed by atoms with Crippen molar-refractivity contribution < 1.29 is 24.3 Å². The highest BCUT2D eigenvalue weighted by Crippen LogP contribution is 2.05. The molecule has 1 atom stereocenters. The summed E-state index contributed by atoms with van der Waals surface area (Å²) in [6, 6.07) is 0. The molecular formula is C24H46N4O5. The Balaban J connectivity index is 3.72. The van der Waals surface area contributed by atoms with Gasteiger partial charge in [-0.1, -0.05) is 65.2 Å². The lowest BCUT2D eigenvalue weighted by atomic mass is 10.1. The molecule has 192 valence electrons. The van der Waals surface area contributed by atoms with Crippen molar-refractivity contribution in [3.05, 3.63) is 0 Å². The minimum atomic E-state index is -1.46. The van der Waals surface area contributed by atoms with Crippen molar-refractivity contribution in [2.24, 2.45) is 0 Å². The number of aliphatic hydroxyl groups is 1. The third-order valence-electron chi connectivity index (χ3n) is 5.21. The lowest BCUT2D eigenvalue weighted by Gasteiger charge is -2.12. The van der Waals surface area contributed by atoms with Crippen LogP contribution in [0.4, 0.5) is 0 Å². The third-order valence-corrected chi connectivity index (χ3v) is 5.21. The predicted octanol–water partition coefficient (Wildman–Crippen LogP) is 1.92. The second-order valence-corrected chi connectivity index (χ2v) is 8.39. The van der Waals surface area contributed by atoms with Gasteiger partial charge in [0.25, 0.3) is 0 Å². The molecule has 0 fully saturated rings. The van der Waals surface area contributed by atoms with E-state index in [9.17, 15) is 24.3 Å². The van der Waals surface area contributed by atoms with E-state index in [1.54, 1.807) is 0 Å². The van der Waals surface area contributed by atoms with Crippen LogP contribution in [-0.4, -0.2) is 61.0 Å². The fourth-order valence-corrected chi connectivity index (χ4v) is 3.20. The Labute approximate surface area is 199 Å². The van der Waals surface area contributed by atoms with E-state index in [4.69, 9.17) is 0 Å². The summed E-state index contributed by atoms with van der Waals surface area (Å²) in [6.07, 6.45) is 9.92. The van der Waals surface area contributed by atoms with E-state index in [1.165, 1.54) is 19.3 Å². The molecule has 0 aliphatic heterocycles. The Kier molecular flexibility index (Phi) is 20.3. The Morgan fingerprint density at radius 1 is 0.576 bits per heavy atom. The van der Waals surface area contributed by atoms with Gasteiger partial charge in [0, 0.05) is 39.0 Å². The molecule has 0 rings (SSSR count). The molecule has 0 saturated heterocycles. The summed E-state index contributed by atoms with van der Waals surface area (Å²) in [4.78, 5) is 47.1. The zero-order chi connectivity index (χ0) is 24.7. The number of rotatable bonds is 21.